The summed E-state index contributed by atoms with van der Waals surface area (Å²) in [6, 6.07) is 4.08. The highest BCUT2D eigenvalue weighted by Crippen LogP contribution is 2.25. The Kier molecular flexibility index (Phi) is 3.59. The van der Waals surface area contributed by atoms with Gasteiger partial charge in [-0.25, -0.2) is 0 Å². The summed E-state index contributed by atoms with van der Waals surface area (Å²) in [5, 5.41) is 0. The smallest absolute Gasteiger partial charge is 0.406 e. The Hall–Kier alpha value is -0.500. The summed E-state index contributed by atoms with van der Waals surface area (Å²) in [5.74, 6) is -0.238. The summed E-state index contributed by atoms with van der Waals surface area (Å²) in [5.41, 5.74) is 5.97. The second kappa shape index (κ2) is 4.35. The molecule has 1 rings (SSSR count). The molecule has 0 aliphatic rings. The van der Waals surface area contributed by atoms with Gasteiger partial charge in [0.1, 0.15) is 5.75 Å². The molecule has 0 saturated heterocycles. The number of benzene rings is 1. The minimum Gasteiger partial charge on any atom is -0.406 e. The summed E-state index contributed by atoms with van der Waals surface area (Å²) >= 11 is 2.00. The molecule has 0 aromatic heterocycles. The first-order chi connectivity index (χ1) is 6.42. The highest BCUT2D eigenvalue weighted by atomic mass is 127. The van der Waals surface area contributed by atoms with Crippen molar-refractivity contribution in [2.75, 3.05) is 0 Å². The molecule has 0 spiro atoms. The minimum atomic E-state index is -4.65. The van der Waals surface area contributed by atoms with E-state index in [4.69, 9.17) is 5.73 Å². The Morgan fingerprint density at radius 2 is 2.00 bits per heavy atom. The highest BCUT2D eigenvalue weighted by molar-refractivity contribution is 14.1. The third-order valence-electron chi connectivity index (χ3n) is 1.47. The van der Waals surface area contributed by atoms with Crippen LogP contribution in [0.15, 0.2) is 18.2 Å². The van der Waals surface area contributed by atoms with Gasteiger partial charge in [-0.1, -0.05) is 0 Å². The van der Waals surface area contributed by atoms with Gasteiger partial charge in [-0.15, -0.1) is 13.2 Å². The van der Waals surface area contributed by atoms with Gasteiger partial charge in [0.2, 0.25) is 0 Å². The van der Waals surface area contributed by atoms with E-state index in [1.807, 2.05) is 22.6 Å². The van der Waals surface area contributed by atoms with Crippen LogP contribution in [0.3, 0.4) is 0 Å². The maximum Gasteiger partial charge on any atom is 0.573 e. The van der Waals surface area contributed by atoms with E-state index in [1.165, 1.54) is 18.2 Å². The third-order valence-corrected chi connectivity index (χ3v) is 2.52. The molecule has 1 aromatic carbocycles. The fraction of sp³-hybridized carbons (Fsp3) is 0.250. The predicted molar refractivity (Wildman–Crippen MR) is 53.7 cm³/mol. The topological polar surface area (TPSA) is 35.2 Å². The number of hydrogen-bond acceptors (Lipinski definition) is 2. The molecule has 0 aliphatic heterocycles. The first-order valence-electron chi connectivity index (χ1n) is 3.66. The molecular weight excluding hydrogens is 310 g/mol. The molecule has 0 atom stereocenters. The standard InChI is InChI=1S/C8H7F3INO/c9-8(10,11)14-6-1-2-7(12)5(3-6)4-13/h1-3H,4,13H2. The third kappa shape index (κ3) is 3.33. The zero-order chi connectivity index (χ0) is 10.8. The molecule has 14 heavy (non-hydrogen) atoms. The van der Waals surface area contributed by atoms with Crippen LogP contribution in [0.5, 0.6) is 5.75 Å². The van der Waals surface area contributed by atoms with Gasteiger partial charge >= 0.3 is 6.36 Å². The van der Waals surface area contributed by atoms with E-state index in [9.17, 15) is 13.2 Å². The van der Waals surface area contributed by atoms with E-state index in [-0.39, 0.29) is 12.3 Å². The molecule has 0 unspecified atom stereocenters. The second-order valence-electron chi connectivity index (χ2n) is 2.51. The number of hydrogen-bond donors (Lipinski definition) is 1. The molecule has 2 nitrogen and oxygen atoms in total. The lowest BCUT2D eigenvalue weighted by Crippen LogP contribution is -2.17. The first-order valence-corrected chi connectivity index (χ1v) is 4.74. The van der Waals surface area contributed by atoms with Gasteiger partial charge in [-0.2, -0.15) is 0 Å². The van der Waals surface area contributed by atoms with Crippen LogP contribution in [0.2, 0.25) is 0 Å². The summed E-state index contributed by atoms with van der Waals surface area (Å²) < 4.78 is 40.0. The van der Waals surface area contributed by atoms with Gasteiger partial charge in [0.05, 0.1) is 0 Å². The van der Waals surface area contributed by atoms with Crippen molar-refractivity contribution in [3.05, 3.63) is 27.3 Å². The van der Waals surface area contributed by atoms with E-state index in [1.54, 1.807) is 0 Å². The number of ether oxygens (including phenoxy) is 1. The molecular formula is C8H7F3INO. The van der Waals surface area contributed by atoms with Crippen LogP contribution in [0.25, 0.3) is 0 Å². The second-order valence-corrected chi connectivity index (χ2v) is 3.67. The molecule has 0 fully saturated rings. The van der Waals surface area contributed by atoms with E-state index in [0.29, 0.717) is 5.56 Å². The van der Waals surface area contributed by atoms with Crippen molar-refractivity contribution in [1.29, 1.82) is 0 Å². The lowest BCUT2D eigenvalue weighted by Gasteiger charge is -2.10. The average molecular weight is 317 g/mol. The maximum atomic E-state index is 11.8. The van der Waals surface area contributed by atoms with Gasteiger partial charge in [0, 0.05) is 10.1 Å². The van der Waals surface area contributed by atoms with Gasteiger partial charge in [-0.3, -0.25) is 0 Å². The summed E-state index contributed by atoms with van der Waals surface area (Å²) in [6.07, 6.45) is -4.65. The Balaban J connectivity index is 2.90. The molecule has 1 aromatic rings. The Bertz CT molecular complexity index is 327. The first kappa shape index (κ1) is 11.6. The maximum absolute atomic E-state index is 11.8. The van der Waals surface area contributed by atoms with Crippen LogP contribution < -0.4 is 10.5 Å². The molecule has 6 heteroatoms. The fourth-order valence-corrected chi connectivity index (χ4v) is 1.46. The molecule has 0 radical (unpaired) electrons. The largest absolute Gasteiger partial charge is 0.573 e. The van der Waals surface area contributed by atoms with Gasteiger partial charge in [0.25, 0.3) is 0 Å². The lowest BCUT2D eigenvalue weighted by atomic mass is 10.2. The van der Waals surface area contributed by atoms with Crippen molar-refractivity contribution in [3.63, 3.8) is 0 Å². The summed E-state index contributed by atoms with van der Waals surface area (Å²) in [7, 11) is 0. The highest BCUT2D eigenvalue weighted by Gasteiger charge is 2.31. The minimum absolute atomic E-state index is 0.188. The van der Waals surface area contributed by atoms with E-state index in [0.717, 1.165) is 3.57 Å². The molecule has 78 valence electrons. The zero-order valence-corrected chi connectivity index (χ0v) is 9.09. The van der Waals surface area contributed by atoms with Crippen LogP contribution in [0.4, 0.5) is 13.2 Å². The fourth-order valence-electron chi connectivity index (χ4n) is 0.905. The Morgan fingerprint density at radius 1 is 1.36 bits per heavy atom. The van der Waals surface area contributed by atoms with Gasteiger partial charge in [0.15, 0.2) is 0 Å². The van der Waals surface area contributed by atoms with Crippen molar-refractivity contribution < 1.29 is 17.9 Å². The molecule has 0 bridgehead atoms. The summed E-state index contributed by atoms with van der Waals surface area (Å²) in [6.45, 7) is 0.188. The SMILES string of the molecule is NCc1cc(OC(F)(F)F)ccc1I. The van der Waals surface area contributed by atoms with Crippen molar-refractivity contribution in [2.24, 2.45) is 5.73 Å². The molecule has 0 saturated carbocycles. The van der Waals surface area contributed by atoms with Crippen LogP contribution in [-0.2, 0) is 6.54 Å². The van der Waals surface area contributed by atoms with Crippen molar-refractivity contribution in [1.82, 2.24) is 0 Å². The van der Waals surface area contributed by atoms with Gasteiger partial charge in [-0.05, 0) is 46.4 Å². The molecule has 2 N–H and O–H groups in total. The molecule has 0 amide bonds. The number of alkyl halides is 3. The predicted octanol–water partition coefficient (Wildman–Crippen LogP) is 2.65. The van der Waals surface area contributed by atoms with Crippen molar-refractivity contribution in [2.45, 2.75) is 12.9 Å². The molecule has 0 aliphatic carbocycles. The van der Waals surface area contributed by atoms with Crippen molar-refractivity contribution in [3.8, 4) is 5.75 Å². The van der Waals surface area contributed by atoms with Gasteiger partial charge < -0.3 is 10.5 Å². The Labute approximate surface area is 92.4 Å². The van der Waals surface area contributed by atoms with E-state index in [2.05, 4.69) is 4.74 Å². The zero-order valence-electron chi connectivity index (χ0n) is 6.94. The molecule has 0 heterocycles. The van der Waals surface area contributed by atoms with Crippen LogP contribution in [0.1, 0.15) is 5.56 Å². The van der Waals surface area contributed by atoms with Crippen LogP contribution in [-0.4, -0.2) is 6.36 Å². The van der Waals surface area contributed by atoms with E-state index < -0.39 is 6.36 Å². The Morgan fingerprint density at radius 3 is 2.50 bits per heavy atom. The number of halogens is 4. The van der Waals surface area contributed by atoms with Crippen LogP contribution >= 0.6 is 22.6 Å². The number of nitrogens with two attached hydrogens (primary N) is 1. The number of rotatable bonds is 2. The normalized spacial score (nSPS) is 11.5. The average Bonchev–Trinajstić information content (AvgIpc) is 2.06. The summed E-state index contributed by atoms with van der Waals surface area (Å²) in [4.78, 5) is 0. The van der Waals surface area contributed by atoms with Crippen molar-refractivity contribution >= 4 is 22.6 Å². The lowest BCUT2D eigenvalue weighted by molar-refractivity contribution is -0.274. The monoisotopic (exact) mass is 317 g/mol. The van der Waals surface area contributed by atoms with Crippen LogP contribution in [0, 0.1) is 3.57 Å². The quantitative estimate of drug-likeness (QED) is 0.851. The van der Waals surface area contributed by atoms with E-state index >= 15 is 0 Å².